The summed E-state index contributed by atoms with van der Waals surface area (Å²) in [6.07, 6.45) is 0. The molecule has 0 spiro atoms. The third kappa shape index (κ3) is 1.60. The molecule has 5 heteroatoms. The lowest BCUT2D eigenvalue weighted by molar-refractivity contribution is 0.574. The van der Waals surface area contributed by atoms with Crippen molar-refractivity contribution < 1.29 is 8.83 Å². The lowest BCUT2D eigenvalue weighted by Gasteiger charge is -2.04. The molecule has 3 aromatic heterocycles. The van der Waals surface area contributed by atoms with Crippen LogP contribution in [0.25, 0.3) is 33.2 Å². The third-order valence-electron chi connectivity index (χ3n) is 3.82. The van der Waals surface area contributed by atoms with Crippen LogP contribution in [0, 0.1) is 20.8 Å². The molecule has 0 saturated heterocycles. The van der Waals surface area contributed by atoms with E-state index in [2.05, 4.69) is 10.2 Å². The van der Waals surface area contributed by atoms with Gasteiger partial charge in [-0.05, 0) is 32.9 Å². The Morgan fingerprint density at radius 1 is 0.952 bits per heavy atom. The monoisotopic (exact) mass is 281 g/mol. The number of rotatable bonds is 1. The van der Waals surface area contributed by atoms with Crippen LogP contribution in [0.5, 0.6) is 0 Å². The van der Waals surface area contributed by atoms with Gasteiger partial charge in [0.25, 0.3) is 0 Å². The van der Waals surface area contributed by atoms with E-state index in [4.69, 9.17) is 14.6 Å². The molecule has 0 fully saturated rings. The van der Waals surface area contributed by atoms with E-state index in [1.54, 1.807) is 0 Å². The molecule has 0 atom stereocenters. The van der Waals surface area contributed by atoms with Crippen molar-refractivity contribution in [2.45, 2.75) is 20.8 Å². The number of hydrogen-bond donors (Lipinski definition) is 2. The van der Waals surface area contributed by atoms with Crippen LogP contribution >= 0.6 is 0 Å². The highest BCUT2D eigenvalue weighted by Crippen LogP contribution is 2.41. The number of nitrogens with zero attached hydrogens (tertiary/aromatic N) is 1. The number of aromatic nitrogens is 2. The van der Waals surface area contributed by atoms with Crippen LogP contribution in [-0.2, 0) is 0 Å². The van der Waals surface area contributed by atoms with Crippen LogP contribution in [0.1, 0.15) is 17.1 Å². The van der Waals surface area contributed by atoms with E-state index < -0.39 is 0 Å². The van der Waals surface area contributed by atoms with E-state index in [0.29, 0.717) is 5.82 Å². The molecule has 0 bridgehead atoms. The van der Waals surface area contributed by atoms with Gasteiger partial charge < -0.3 is 14.6 Å². The minimum absolute atomic E-state index is 0.454. The van der Waals surface area contributed by atoms with Gasteiger partial charge in [-0.25, -0.2) is 0 Å². The Bertz CT molecular complexity index is 930. The molecular weight excluding hydrogens is 266 g/mol. The summed E-state index contributed by atoms with van der Waals surface area (Å²) in [6, 6.07) is 5.86. The van der Waals surface area contributed by atoms with Gasteiger partial charge in [0.15, 0.2) is 0 Å². The second kappa shape index (κ2) is 3.91. The predicted molar refractivity (Wildman–Crippen MR) is 82.2 cm³/mol. The minimum atomic E-state index is 0.454. The molecule has 0 amide bonds. The maximum Gasteiger partial charge on any atom is 0.145 e. The van der Waals surface area contributed by atoms with Crippen LogP contribution in [-0.4, -0.2) is 10.2 Å². The lowest BCUT2D eigenvalue weighted by Crippen LogP contribution is -1.84. The summed E-state index contributed by atoms with van der Waals surface area (Å²) >= 11 is 0. The molecule has 3 N–H and O–H groups in total. The molecule has 21 heavy (non-hydrogen) atoms. The molecule has 4 rings (SSSR count). The zero-order valence-corrected chi connectivity index (χ0v) is 12.1. The molecule has 1 aromatic carbocycles. The Labute approximate surface area is 120 Å². The number of nitrogen functional groups attached to an aromatic ring is 1. The topological polar surface area (TPSA) is 81.0 Å². The normalized spacial score (nSPS) is 11.8. The van der Waals surface area contributed by atoms with Crippen LogP contribution < -0.4 is 5.73 Å². The lowest BCUT2D eigenvalue weighted by atomic mass is 10.00. The Morgan fingerprint density at radius 2 is 1.62 bits per heavy atom. The van der Waals surface area contributed by atoms with Crippen molar-refractivity contribution in [1.29, 1.82) is 0 Å². The van der Waals surface area contributed by atoms with Crippen LogP contribution in [0.2, 0.25) is 0 Å². The first-order chi connectivity index (χ1) is 10.0. The highest BCUT2D eigenvalue weighted by atomic mass is 16.3. The first-order valence-corrected chi connectivity index (χ1v) is 6.78. The number of nitrogens with one attached hydrogen (secondary N) is 1. The Balaban J connectivity index is 2.25. The van der Waals surface area contributed by atoms with Gasteiger partial charge in [-0.3, -0.25) is 5.10 Å². The molecule has 0 saturated carbocycles. The third-order valence-corrected chi connectivity index (χ3v) is 3.82. The number of nitrogens with two attached hydrogens (primary N) is 1. The largest absolute Gasteiger partial charge is 0.461 e. The summed E-state index contributed by atoms with van der Waals surface area (Å²) in [4.78, 5) is 0. The predicted octanol–water partition coefficient (Wildman–Crippen LogP) is 4.08. The molecule has 0 aliphatic carbocycles. The van der Waals surface area contributed by atoms with Gasteiger partial charge in [-0.2, -0.15) is 5.10 Å². The van der Waals surface area contributed by atoms with Gasteiger partial charge in [-0.15, -0.1) is 0 Å². The number of anilines is 1. The van der Waals surface area contributed by atoms with E-state index in [1.165, 1.54) is 0 Å². The SMILES string of the molecule is Cc1cc2c(-c3cc(N)n[nH]3)c3oc(C)cc3c(C)c2o1. The van der Waals surface area contributed by atoms with Gasteiger partial charge in [-0.1, -0.05) is 0 Å². The van der Waals surface area contributed by atoms with Crippen molar-refractivity contribution in [1.82, 2.24) is 10.2 Å². The maximum absolute atomic E-state index is 5.93. The number of H-pyrrole nitrogens is 1. The highest BCUT2D eigenvalue weighted by Gasteiger charge is 2.20. The molecule has 5 nitrogen and oxygen atoms in total. The zero-order valence-electron chi connectivity index (χ0n) is 12.1. The molecule has 4 aromatic rings. The Hall–Kier alpha value is -2.69. The summed E-state index contributed by atoms with van der Waals surface area (Å²) in [6.45, 7) is 5.93. The number of fused-ring (bicyclic) bond motifs is 2. The zero-order chi connectivity index (χ0) is 14.7. The van der Waals surface area contributed by atoms with E-state index in [1.807, 2.05) is 39.0 Å². The van der Waals surface area contributed by atoms with Gasteiger partial charge in [0, 0.05) is 22.4 Å². The van der Waals surface area contributed by atoms with Gasteiger partial charge >= 0.3 is 0 Å². The van der Waals surface area contributed by atoms with Crippen LogP contribution in [0.4, 0.5) is 5.82 Å². The fourth-order valence-electron chi connectivity index (χ4n) is 2.93. The second-order valence-corrected chi connectivity index (χ2v) is 5.41. The van der Waals surface area contributed by atoms with Crippen LogP contribution in [0.15, 0.2) is 27.0 Å². The Morgan fingerprint density at radius 3 is 2.29 bits per heavy atom. The van der Waals surface area contributed by atoms with Crippen molar-refractivity contribution in [3.8, 4) is 11.3 Å². The summed E-state index contributed by atoms with van der Waals surface area (Å²) in [5, 5.41) is 9.05. The average molecular weight is 281 g/mol. The van der Waals surface area contributed by atoms with Crippen LogP contribution in [0.3, 0.4) is 0 Å². The number of aryl methyl sites for hydroxylation is 3. The van der Waals surface area contributed by atoms with Crippen molar-refractivity contribution in [3.63, 3.8) is 0 Å². The second-order valence-electron chi connectivity index (χ2n) is 5.41. The van der Waals surface area contributed by atoms with Crippen molar-refractivity contribution >= 4 is 27.8 Å². The number of aromatic amines is 1. The summed E-state index contributed by atoms with van der Waals surface area (Å²) in [5.74, 6) is 2.19. The molecule has 3 heterocycles. The summed E-state index contributed by atoms with van der Waals surface area (Å²) in [5.41, 5.74) is 10.3. The molecule has 0 aliphatic heterocycles. The first-order valence-electron chi connectivity index (χ1n) is 6.78. The van der Waals surface area contributed by atoms with Gasteiger partial charge in [0.05, 0.1) is 11.3 Å². The van der Waals surface area contributed by atoms with Crippen molar-refractivity contribution in [2.75, 3.05) is 5.73 Å². The van der Waals surface area contributed by atoms with Crippen molar-refractivity contribution in [2.24, 2.45) is 0 Å². The minimum Gasteiger partial charge on any atom is -0.461 e. The molecule has 0 radical (unpaired) electrons. The van der Waals surface area contributed by atoms with Gasteiger partial charge in [0.2, 0.25) is 0 Å². The van der Waals surface area contributed by atoms with Gasteiger partial charge in [0.1, 0.15) is 28.5 Å². The smallest absolute Gasteiger partial charge is 0.145 e. The standard InChI is InChI=1S/C16H15N3O2/c1-7-4-10-9(3)15-11(5-8(2)20-15)14(16(10)21-7)12-6-13(17)19-18-12/h4-6H,1-3H3,(H3,17,18,19). The van der Waals surface area contributed by atoms with E-state index in [0.717, 1.165) is 50.3 Å². The molecular formula is C16H15N3O2. The van der Waals surface area contributed by atoms with E-state index >= 15 is 0 Å². The molecule has 0 aliphatic rings. The summed E-state index contributed by atoms with van der Waals surface area (Å²) in [7, 11) is 0. The highest BCUT2D eigenvalue weighted by molar-refractivity contribution is 6.11. The van der Waals surface area contributed by atoms with E-state index in [9.17, 15) is 0 Å². The first kappa shape index (κ1) is 12.1. The molecule has 106 valence electrons. The van der Waals surface area contributed by atoms with E-state index in [-0.39, 0.29) is 0 Å². The number of furan rings is 2. The Kier molecular flexibility index (Phi) is 2.25. The molecule has 0 unspecified atom stereocenters. The number of benzene rings is 1. The quantitative estimate of drug-likeness (QED) is 0.551. The summed E-state index contributed by atoms with van der Waals surface area (Å²) < 4.78 is 11.8. The van der Waals surface area contributed by atoms with Crippen molar-refractivity contribution in [3.05, 3.63) is 35.3 Å². The number of hydrogen-bond acceptors (Lipinski definition) is 4. The average Bonchev–Trinajstić information content (AvgIpc) is 3.09. The fraction of sp³-hybridized carbons (Fsp3) is 0.188. The maximum atomic E-state index is 5.93. The fourth-order valence-corrected chi connectivity index (χ4v) is 2.93.